The number of ether oxygens (including phenoxy) is 2. The Morgan fingerprint density at radius 2 is 1.85 bits per heavy atom. The number of fused-ring (bicyclic) bond motifs is 1. The number of benzene rings is 2. The molecule has 2 aromatic carbocycles. The molecule has 6 nitrogen and oxygen atoms in total. The lowest BCUT2D eigenvalue weighted by Gasteiger charge is -2.02. The van der Waals surface area contributed by atoms with Crippen molar-refractivity contribution >= 4 is 22.6 Å². The predicted molar refractivity (Wildman–Crippen MR) is 96.6 cm³/mol. The van der Waals surface area contributed by atoms with E-state index in [1.165, 1.54) is 0 Å². The molecule has 0 amide bonds. The second kappa shape index (κ2) is 6.72. The van der Waals surface area contributed by atoms with Gasteiger partial charge in [0.05, 0.1) is 7.11 Å². The lowest BCUT2D eigenvalue weighted by molar-refractivity contribution is 0.243. The first kappa shape index (κ1) is 16.5. The van der Waals surface area contributed by atoms with E-state index in [0.29, 0.717) is 28.2 Å². The van der Waals surface area contributed by atoms with Crippen molar-refractivity contribution in [3.05, 3.63) is 58.9 Å². The monoisotopic (exact) mass is 370 g/mol. The zero-order valence-electron chi connectivity index (χ0n) is 14.2. The van der Waals surface area contributed by atoms with Crippen molar-refractivity contribution in [1.82, 2.24) is 10.1 Å². The average molecular weight is 371 g/mol. The number of methoxy groups -OCH3 is 1. The van der Waals surface area contributed by atoms with E-state index in [0.717, 1.165) is 22.3 Å². The highest BCUT2D eigenvalue weighted by molar-refractivity contribution is 6.30. The molecule has 132 valence electrons. The van der Waals surface area contributed by atoms with Crippen LogP contribution in [0.25, 0.3) is 22.6 Å². The van der Waals surface area contributed by atoms with E-state index in [9.17, 15) is 0 Å². The maximum Gasteiger partial charge on any atom is 0.264 e. The van der Waals surface area contributed by atoms with Gasteiger partial charge in [0.1, 0.15) is 17.1 Å². The molecule has 0 saturated carbocycles. The second-order valence-corrected chi connectivity index (χ2v) is 6.11. The van der Waals surface area contributed by atoms with Crippen molar-refractivity contribution in [2.24, 2.45) is 0 Å². The molecule has 0 saturated heterocycles. The van der Waals surface area contributed by atoms with E-state index in [1.807, 2.05) is 25.1 Å². The van der Waals surface area contributed by atoms with Gasteiger partial charge >= 0.3 is 0 Å². The van der Waals surface area contributed by atoms with Crippen LogP contribution in [-0.4, -0.2) is 17.3 Å². The Labute approximate surface area is 154 Å². The lowest BCUT2D eigenvalue weighted by Crippen LogP contribution is -1.95. The first-order valence-electron chi connectivity index (χ1n) is 7.92. The fraction of sp³-hybridized carbons (Fsp3) is 0.158. The molecule has 4 aromatic rings. The minimum atomic E-state index is 0.154. The average Bonchev–Trinajstić information content (AvgIpc) is 3.25. The van der Waals surface area contributed by atoms with Crippen molar-refractivity contribution in [2.45, 2.75) is 13.5 Å². The molecule has 0 unspecified atom stereocenters. The van der Waals surface area contributed by atoms with Crippen LogP contribution >= 0.6 is 11.6 Å². The SMILES string of the molecule is COc1ccc2oc(-c3noc(COc4ccc(Cl)cc4)n3)c(C)c2c1. The third kappa shape index (κ3) is 3.11. The Bertz CT molecular complexity index is 1050. The molecule has 0 bridgehead atoms. The summed E-state index contributed by atoms with van der Waals surface area (Å²) in [5.74, 6) is 2.73. The topological polar surface area (TPSA) is 70.5 Å². The third-order valence-electron chi connectivity index (χ3n) is 3.99. The van der Waals surface area contributed by atoms with Gasteiger partial charge in [0.15, 0.2) is 12.4 Å². The Morgan fingerprint density at radius 3 is 2.62 bits per heavy atom. The van der Waals surface area contributed by atoms with Gasteiger partial charge in [-0.3, -0.25) is 0 Å². The summed E-state index contributed by atoms with van der Waals surface area (Å²) in [4.78, 5) is 4.36. The van der Waals surface area contributed by atoms with Crippen molar-refractivity contribution in [3.8, 4) is 23.1 Å². The summed E-state index contributed by atoms with van der Waals surface area (Å²) in [5, 5.41) is 5.59. The molecule has 0 atom stereocenters. The fourth-order valence-electron chi connectivity index (χ4n) is 2.62. The van der Waals surface area contributed by atoms with Crippen molar-refractivity contribution < 1.29 is 18.4 Å². The largest absolute Gasteiger partial charge is 0.497 e. The Morgan fingerprint density at radius 1 is 1.08 bits per heavy atom. The second-order valence-electron chi connectivity index (χ2n) is 5.67. The molecule has 4 rings (SSSR count). The zero-order valence-corrected chi connectivity index (χ0v) is 14.9. The molecule has 7 heteroatoms. The highest BCUT2D eigenvalue weighted by Gasteiger charge is 2.18. The quantitative estimate of drug-likeness (QED) is 0.490. The van der Waals surface area contributed by atoms with Crippen molar-refractivity contribution in [2.75, 3.05) is 7.11 Å². The highest BCUT2D eigenvalue weighted by atomic mass is 35.5. The van der Waals surface area contributed by atoms with E-state index >= 15 is 0 Å². The summed E-state index contributed by atoms with van der Waals surface area (Å²) < 4.78 is 22.0. The number of furan rings is 1. The smallest absolute Gasteiger partial charge is 0.264 e. The maximum absolute atomic E-state index is 5.88. The van der Waals surface area contributed by atoms with Crippen LogP contribution in [0.15, 0.2) is 51.4 Å². The molecule has 2 heterocycles. The molecule has 0 radical (unpaired) electrons. The summed E-state index contributed by atoms with van der Waals surface area (Å²) in [5.41, 5.74) is 1.66. The van der Waals surface area contributed by atoms with Crippen LogP contribution < -0.4 is 9.47 Å². The van der Waals surface area contributed by atoms with Gasteiger partial charge < -0.3 is 18.4 Å². The summed E-state index contributed by atoms with van der Waals surface area (Å²) in [6.07, 6.45) is 0. The number of aryl methyl sites for hydroxylation is 1. The van der Waals surface area contributed by atoms with Crippen LogP contribution in [0.1, 0.15) is 11.5 Å². The molecule has 0 aliphatic heterocycles. The number of aromatic nitrogens is 2. The third-order valence-corrected chi connectivity index (χ3v) is 4.24. The number of nitrogens with zero attached hydrogens (tertiary/aromatic N) is 2. The minimum Gasteiger partial charge on any atom is -0.497 e. The molecule has 0 aliphatic rings. The van der Waals surface area contributed by atoms with Gasteiger partial charge in [-0.05, 0) is 49.4 Å². The lowest BCUT2D eigenvalue weighted by atomic mass is 10.1. The molecule has 26 heavy (non-hydrogen) atoms. The fourth-order valence-corrected chi connectivity index (χ4v) is 2.75. The van der Waals surface area contributed by atoms with Gasteiger partial charge in [-0.15, -0.1) is 0 Å². The van der Waals surface area contributed by atoms with E-state index in [-0.39, 0.29) is 6.61 Å². The van der Waals surface area contributed by atoms with Gasteiger partial charge in [0.25, 0.3) is 5.89 Å². The molecular formula is C19H15ClN2O4. The number of rotatable bonds is 5. The molecule has 0 aliphatic carbocycles. The van der Waals surface area contributed by atoms with Crippen LogP contribution in [0.4, 0.5) is 0 Å². The van der Waals surface area contributed by atoms with Gasteiger partial charge in [-0.2, -0.15) is 4.98 Å². The van der Waals surface area contributed by atoms with Crippen LogP contribution in [0.3, 0.4) is 0 Å². The summed E-state index contributed by atoms with van der Waals surface area (Å²) in [6.45, 7) is 2.10. The van der Waals surface area contributed by atoms with E-state index in [4.69, 9.17) is 30.0 Å². The normalized spacial score (nSPS) is 11.0. The highest BCUT2D eigenvalue weighted by Crippen LogP contribution is 2.33. The molecule has 0 N–H and O–H groups in total. The number of halogens is 1. The molecule has 2 aromatic heterocycles. The first-order chi connectivity index (χ1) is 12.6. The van der Waals surface area contributed by atoms with E-state index in [1.54, 1.807) is 31.4 Å². The van der Waals surface area contributed by atoms with Crippen LogP contribution in [0.2, 0.25) is 5.02 Å². The first-order valence-corrected chi connectivity index (χ1v) is 8.30. The Kier molecular flexibility index (Phi) is 4.26. The van der Waals surface area contributed by atoms with Gasteiger partial charge in [0, 0.05) is 16.0 Å². The summed E-state index contributed by atoms with van der Waals surface area (Å²) in [6, 6.07) is 12.7. The van der Waals surface area contributed by atoms with Crippen LogP contribution in [-0.2, 0) is 6.61 Å². The van der Waals surface area contributed by atoms with Gasteiger partial charge in [-0.25, -0.2) is 0 Å². The Hall–Kier alpha value is -2.99. The van der Waals surface area contributed by atoms with Crippen molar-refractivity contribution in [1.29, 1.82) is 0 Å². The minimum absolute atomic E-state index is 0.154. The molecule has 0 fully saturated rings. The zero-order chi connectivity index (χ0) is 18.1. The van der Waals surface area contributed by atoms with E-state index < -0.39 is 0 Å². The van der Waals surface area contributed by atoms with Gasteiger partial charge in [0.2, 0.25) is 5.82 Å². The summed E-state index contributed by atoms with van der Waals surface area (Å²) in [7, 11) is 1.63. The number of hydrogen-bond donors (Lipinski definition) is 0. The van der Waals surface area contributed by atoms with Gasteiger partial charge in [-0.1, -0.05) is 16.8 Å². The maximum atomic E-state index is 5.88. The molecule has 0 spiro atoms. The van der Waals surface area contributed by atoms with E-state index in [2.05, 4.69) is 10.1 Å². The number of hydrogen-bond acceptors (Lipinski definition) is 6. The molecular weight excluding hydrogens is 356 g/mol. The Balaban J connectivity index is 1.56. The van der Waals surface area contributed by atoms with Crippen LogP contribution in [0.5, 0.6) is 11.5 Å². The summed E-state index contributed by atoms with van der Waals surface area (Å²) >= 11 is 5.85. The standard InChI is InChI=1S/C19H15ClN2O4/c1-11-15-9-14(23-2)7-8-16(15)25-18(11)19-21-17(26-22-19)10-24-13-5-3-12(20)4-6-13/h3-9H,10H2,1-2H3. The van der Waals surface area contributed by atoms with Crippen molar-refractivity contribution in [3.63, 3.8) is 0 Å². The predicted octanol–water partition coefficient (Wildman–Crippen LogP) is 5.03. The van der Waals surface area contributed by atoms with Crippen LogP contribution in [0, 0.1) is 6.92 Å².